The molecule has 0 bridgehead atoms. The fraction of sp³-hybridized carbons (Fsp3) is 0.333. The Hall–Kier alpha value is -3.39. The van der Waals surface area contributed by atoms with Crippen molar-refractivity contribution < 1.29 is 43.7 Å². The Bertz CT molecular complexity index is 1010. The molecule has 12 nitrogen and oxygen atoms in total. The Morgan fingerprint density at radius 1 is 1.31 bits per heavy atom. The molecule has 0 radical (unpaired) electrons. The summed E-state index contributed by atoms with van der Waals surface area (Å²) in [6.07, 6.45) is -1.29. The molecule has 3 amide bonds. The molecule has 2 aliphatic heterocycles. The third-order valence-electron chi connectivity index (χ3n) is 4.71. The molecule has 3 rings (SSSR count). The quantitative estimate of drug-likeness (QED) is 0.115. The van der Waals surface area contributed by atoms with Crippen molar-refractivity contribution in [1.82, 2.24) is 15.5 Å². The van der Waals surface area contributed by atoms with E-state index >= 15 is 0 Å². The van der Waals surface area contributed by atoms with Gasteiger partial charge in [0.2, 0.25) is 18.5 Å². The second-order valence-corrected chi connectivity index (χ2v) is 8.56. The largest absolute Gasteiger partial charge is 0.480 e. The number of aliphatic carboxylic acids is 2. The van der Waals surface area contributed by atoms with Gasteiger partial charge in [0.15, 0.2) is 5.92 Å². The van der Waals surface area contributed by atoms with Crippen LogP contribution in [0.1, 0.15) is 18.4 Å². The lowest BCUT2D eigenvalue weighted by molar-refractivity contribution is -0.152. The Labute approximate surface area is 188 Å². The highest BCUT2D eigenvalue weighted by Gasteiger charge is 2.54. The normalized spacial score (nSPS) is 21.5. The van der Waals surface area contributed by atoms with E-state index in [1.54, 1.807) is 5.38 Å². The minimum atomic E-state index is -1.62. The summed E-state index contributed by atoms with van der Waals surface area (Å²) in [5, 5.41) is 26.2. The summed E-state index contributed by atoms with van der Waals surface area (Å²) in [4.78, 5) is 72.1. The van der Waals surface area contributed by atoms with Gasteiger partial charge in [-0.15, -0.1) is 11.8 Å². The first-order chi connectivity index (χ1) is 15.2. The monoisotopic (exact) mass is 483 g/mol. The molecule has 4 N–H and O–H groups in total. The number of β-lactam (4-membered cyclic amide) rings is 1. The number of esters is 1. The summed E-state index contributed by atoms with van der Waals surface area (Å²) in [6.45, 7) is 1.03. The lowest BCUT2D eigenvalue weighted by atomic mass is 10.00. The maximum atomic E-state index is 12.8. The van der Waals surface area contributed by atoms with E-state index in [2.05, 4.69) is 10.6 Å². The van der Waals surface area contributed by atoms with Crippen molar-refractivity contribution in [3.05, 3.63) is 33.7 Å². The maximum Gasteiger partial charge on any atom is 0.352 e. The highest BCUT2D eigenvalue weighted by Crippen LogP contribution is 2.41. The Morgan fingerprint density at radius 2 is 2.03 bits per heavy atom. The van der Waals surface area contributed by atoms with Crippen molar-refractivity contribution in [1.29, 1.82) is 0 Å². The van der Waals surface area contributed by atoms with E-state index in [0.717, 1.165) is 23.6 Å². The Balaban J connectivity index is 1.95. The van der Waals surface area contributed by atoms with E-state index in [1.165, 1.54) is 22.8 Å². The number of carboxylic acid groups (broad SMARTS) is 2. The molecular formula is C18H17N3O9S2. The second-order valence-electron chi connectivity index (χ2n) is 6.68. The number of fused-ring (bicyclic) bond motifs is 1. The molecule has 0 aliphatic carbocycles. The molecule has 1 saturated heterocycles. The SMILES string of the molecule is CC(=O)OC(NC(=O)C(C(=O)O)c1ccsc1)C1=C(C(=O)O)N2C(=O)[C@@H](NC=O)[C@H]2SC1. The van der Waals surface area contributed by atoms with Crippen LogP contribution in [0.3, 0.4) is 0 Å². The summed E-state index contributed by atoms with van der Waals surface area (Å²) >= 11 is 2.28. The first kappa shape index (κ1) is 23.3. The van der Waals surface area contributed by atoms with Gasteiger partial charge in [-0.25, -0.2) is 4.79 Å². The Morgan fingerprint density at radius 3 is 2.56 bits per heavy atom. The van der Waals surface area contributed by atoms with Gasteiger partial charge in [0.25, 0.3) is 5.91 Å². The number of carbonyl (C=O) groups is 6. The second kappa shape index (κ2) is 9.40. The third kappa shape index (κ3) is 4.31. The molecule has 0 saturated carbocycles. The highest BCUT2D eigenvalue weighted by atomic mass is 32.2. The molecule has 2 unspecified atom stereocenters. The fourth-order valence-corrected chi connectivity index (χ4v) is 5.42. The van der Waals surface area contributed by atoms with Crippen LogP contribution in [0.15, 0.2) is 28.1 Å². The zero-order chi connectivity index (χ0) is 23.6. The van der Waals surface area contributed by atoms with E-state index in [1.807, 2.05) is 0 Å². The molecule has 0 spiro atoms. The van der Waals surface area contributed by atoms with Crippen LogP contribution in [-0.4, -0.2) is 74.6 Å². The molecule has 1 fully saturated rings. The zero-order valence-corrected chi connectivity index (χ0v) is 18.0. The smallest absolute Gasteiger partial charge is 0.352 e. The average molecular weight is 483 g/mol. The van der Waals surface area contributed by atoms with E-state index < -0.39 is 59.0 Å². The van der Waals surface area contributed by atoms with E-state index in [9.17, 15) is 39.0 Å². The molecule has 32 heavy (non-hydrogen) atoms. The van der Waals surface area contributed by atoms with Gasteiger partial charge in [-0.3, -0.25) is 28.9 Å². The van der Waals surface area contributed by atoms with Crippen LogP contribution < -0.4 is 10.6 Å². The van der Waals surface area contributed by atoms with Gasteiger partial charge in [0.1, 0.15) is 17.1 Å². The van der Waals surface area contributed by atoms with Crippen LogP contribution in [0.2, 0.25) is 0 Å². The van der Waals surface area contributed by atoms with Gasteiger partial charge in [-0.05, 0) is 22.4 Å². The number of amides is 3. The summed E-state index contributed by atoms with van der Waals surface area (Å²) in [7, 11) is 0. The number of rotatable bonds is 9. The van der Waals surface area contributed by atoms with Crippen LogP contribution >= 0.6 is 23.1 Å². The molecule has 4 atom stereocenters. The van der Waals surface area contributed by atoms with Crippen molar-refractivity contribution in [3.63, 3.8) is 0 Å². The predicted octanol–water partition coefficient (Wildman–Crippen LogP) is -0.710. The molecule has 1 aromatic rings. The molecule has 14 heteroatoms. The van der Waals surface area contributed by atoms with Crippen LogP contribution in [0, 0.1) is 0 Å². The summed E-state index contributed by atoms with van der Waals surface area (Å²) in [5.41, 5.74) is -0.404. The minimum Gasteiger partial charge on any atom is -0.480 e. The number of hydrogen-bond acceptors (Lipinski definition) is 9. The van der Waals surface area contributed by atoms with Crippen LogP contribution in [-0.2, 0) is 33.5 Å². The van der Waals surface area contributed by atoms with Crippen molar-refractivity contribution in [2.45, 2.75) is 30.5 Å². The van der Waals surface area contributed by atoms with Gasteiger partial charge >= 0.3 is 17.9 Å². The number of thioether (sulfide) groups is 1. The molecule has 170 valence electrons. The molecular weight excluding hydrogens is 466 g/mol. The third-order valence-corrected chi connectivity index (χ3v) is 6.71. The summed E-state index contributed by atoms with van der Waals surface area (Å²) in [6, 6.07) is 0.538. The van der Waals surface area contributed by atoms with Crippen molar-refractivity contribution in [2.24, 2.45) is 0 Å². The van der Waals surface area contributed by atoms with Crippen molar-refractivity contribution in [3.8, 4) is 0 Å². The van der Waals surface area contributed by atoms with Crippen LogP contribution in [0.5, 0.6) is 0 Å². The number of thiophene rings is 1. The van der Waals surface area contributed by atoms with Gasteiger partial charge in [-0.2, -0.15) is 11.3 Å². The van der Waals surface area contributed by atoms with E-state index in [4.69, 9.17) is 4.74 Å². The lowest BCUT2D eigenvalue weighted by Crippen LogP contribution is -2.70. The minimum absolute atomic E-state index is 0.0679. The van der Waals surface area contributed by atoms with E-state index in [0.29, 0.717) is 6.41 Å². The lowest BCUT2D eigenvalue weighted by Gasteiger charge is -2.49. The summed E-state index contributed by atoms with van der Waals surface area (Å²) < 4.78 is 5.10. The van der Waals surface area contributed by atoms with E-state index in [-0.39, 0.29) is 16.9 Å². The standard InChI is InChI=1S/C18H17N3O9S2/c1-7(23)30-14(20-13(24)10(17(26)27)8-2-3-31-4-8)9-5-32-16-11(19-6-22)15(25)21(16)12(9)18(28)29/h2-4,6,10-11,14,16H,5H2,1H3,(H,19,22)(H,20,24)(H,26,27)(H,28,29)/t10?,11-,14?,16-/m1/s1. The number of ether oxygens (including phenoxy) is 1. The fourth-order valence-electron chi connectivity index (χ4n) is 3.35. The first-order valence-corrected chi connectivity index (χ1v) is 11.0. The van der Waals surface area contributed by atoms with Crippen molar-refractivity contribution >= 4 is 59.2 Å². The van der Waals surface area contributed by atoms with Crippen LogP contribution in [0.25, 0.3) is 0 Å². The molecule has 1 aromatic heterocycles. The van der Waals surface area contributed by atoms with Gasteiger partial charge in [0, 0.05) is 18.2 Å². The first-order valence-electron chi connectivity index (χ1n) is 9.00. The highest BCUT2D eigenvalue weighted by molar-refractivity contribution is 8.00. The van der Waals surface area contributed by atoms with Gasteiger partial charge in [0.05, 0.1) is 0 Å². The van der Waals surface area contributed by atoms with Gasteiger partial charge < -0.3 is 25.6 Å². The Kier molecular flexibility index (Phi) is 6.84. The number of nitrogens with zero attached hydrogens (tertiary/aromatic N) is 1. The zero-order valence-electron chi connectivity index (χ0n) is 16.3. The molecule has 3 heterocycles. The van der Waals surface area contributed by atoms with Crippen molar-refractivity contribution in [2.75, 3.05) is 5.75 Å². The molecule has 2 aliphatic rings. The molecule has 0 aromatic carbocycles. The topological polar surface area (TPSA) is 179 Å². The summed E-state index contributed by atoms with van der Waals surface area (Å²) in [5.74, 6) is -7.22. The number of carboxylic acids is 2. The predicted molar refractivity (Wildman–Crippen MR) is 109 cm³/mol. The number of carbonyl (C=O) groups excluding carboxylic acids is 4. The van der Waals surface area contributed by atoms with Crippen LogP contribution in [0.4, 0.5) is 0 Å². The maximum absolute atomic E-state index is 12.8. The average Bonchev–Trinajstić information content (AvgIpc) is 3.23. The van der Waals surface area contributed by atoms with Gasteiger partial charge in [-0.1, -0.05) is 0 Å². The number of hydrogen-bond donors (Lipinski definition) is 4. The number of nitrogens with one attached hydrogen (secondary N) is 2.